The fraction of sp³-hybridized carbons (Fsp3) is 0.346. The van der Waals surface area contributed by atoms with Gasteiger partial charge < -0.3 is 14.5 Å². The van der Waals surface area contributed by atoms with E-state index in [4.69, 9.17) is 9.84 Å². The van der Waals surface area contributed by atoms with Gasteiger partial charge in [0.15, 0.2) is 5.69 Å². The summed E-state index contributed by atoms with van der Waals surface area (Å²) in [5.41, 5.74) is 4.33. The van der Waals surface area contributed by atoms with E-state index in [0.29, 0.717) is 43.2 Å². The summed E-state index contributed by atoms with van der Waals surface area (Å²) in [5, 5.41) is 4.76. The quantitative estimate of drug-likeness (QED) is 0.619. The summed E-state index contributed by atoms with van der Waals surface area (Å²) in [6.07, 6.45) is 3.59. The minimum Gasteiger partial charge on any atom is -0.496 e. The molecule has 0 atom stereocenters. The SMILES string of the molecule is COc1ccccc1C(=O)N1CCCN(C(=O)c2nn(-c3ccccc3)c3c2CCC3)CC1. The molecule has 170 valence electrons. The molecule has 1 saturated heterocycles. The van der Waals surface area contributed by atoms with E-state index < -0.39 is 0 Å². The number of carbonyl (C=O) groups is 2. The summed E-state index contributed by atoms with van der Waals surface area (Å²) in [5.74, 6) is 0.479. The standard InChI is InChI=1S/C26H28N4O3/c1-33-23-14-6-5-11-21(23)25(31)28-15-8-16-29(18-17-28)26(32)24-20-12-7-13-22(20)30(27-24)19-9-3-2-4-10-19/h2-6,9-11,14H,7-8,12-13,15-18H2,1H3. The van der Waals surface area contributed by atoms with Gasteiger partial charge in [0.25, 0.3) is 11.8 Å². The van der Waals surface area contributed by atoms with Gasteiger partial charge in [-0.2, -0.15) is 5.10 Å². The molecule has 5 rings (SSSR count). The Morgan fingerprint density at radius 1 is 0.818 bits per heavy atom. The van der Waals surface area contributed by atoms with Gasteiger partial charge in [-0.1, -0.05) is 30.3 Å². The average molecular weight is 445 g/mol. The normalized spacial score (nSPS) is 15.8. The maximum atomic E-state index is 13.5. The van der Waals surface area contributed by atoms with Crippen molar-refractivity contribution >= 4 is 11.8 Å². The summed E-state index contributed by atoms with van der Waals surface area (Å²) in [4.78, 5) is 30.3. The molecule has 0 N–H and O–H groups in total. The molecule has 0 radical (unpaired) electrons. The van der Waals surface area contributed by atoms with Crippen LogP contribution in [0.15, 0.2) is 54.6 Å². The van der Waals surface area contributed by atoms with Crippen molar-refractivity contribution in [3.8, 4) is 11.4 Å². The number of fused-ring (bicyclic) bond motifs is 1. The zero-order valence-electron chi connectivity index (χ0n) is 18.9. The number of methoxy groups -OCH3 is 1. The first-order valence-electron chi connectivity index (χ1n) is 11.5. The average Bonchev–Trinajstić information content (AvgIpc) is 3.39. The van der Waals surface area contributed by atoms with Crippen molar-refractivity contribution in [2.24, 2.45) is 0 Å². The number of rotatable bonds is 4. The van der Waals surface area contributed by atoms with Crippen LogP contribution in [0.5, 0.6) is 5.75 Å². The molecular formula is C26H28N4O3. The summed E-state index contributed by atoms with van der Waals surface area (Å²) < 4.78 is 7.30. The van der Waals surface area contributed by atoms with Crippen LogP contribution >= 0.6 is 0 Å². The Balaban J connectivity index is 1.34. The summed E-state index contributed by atoms with van der Waals surface area (Å²) in [6.45, 7) is 2.20. The number of hydrogen-bond acceptors (Lipinski definition) is 4. The van der Waals surface area contributed by atoms with Gasteiger partial charge in [0.05, 0.1) is 18.4 Å². The minimum atomic E-state index is -0.0593. The Morgan fingerprint density at radius 2 is 1.52 bits per heavy atom. The highest BCUT2D eigenvalue weighted by Gasteiger charge is 2.31. The van der Waals surface area contributed by atoms with Crippen LogP contribution in [0.2, 0.25) is 0 Å². The first kappa shape index (κ1) is 21.2. The number of para-hydroxylation sites is 2. The van der Waals surface area contributed by atoms with Gasteiger partial charge in [-0.15, -0.1) is 0 Å². The van der Waals surface area contributed by atoms with Crippen LogP contribution in [0.4, 0.5) is 0 Å². The van der Waals surface area contributed by atoms with E-state index in [-0.39, 0.29) is 11.8 Å². The van der Waals surface area contributed by atoms with Crippen molar-refractivity contribution in [1.82, 2.24) is 19.6 Å². The predicted molar refractivity (Wildman–Crippen MR) is 125 cm³/mol. The lowest BCUT2D eigenvalue weighted by Gasteiger charge is -2.22. The lowest BCUT2D eigenvalue weighted by Crippen LogP contribution is -2.37. The zero-order valence-corrected chi connectivity index (χ0v) is 18.9. The highest BCUT2D eigenvalue weighted by Crippen LogP contribution is 2.29. The summed E-state index contributed by atoms with van der Waals surface area (Å²) in [7, 11) is 1.57. The number of hydrogen-bond donors (Lipinski definition) is 0. The van der Waals surface area contributed by atoms with Gasteiger partial charge >= 0.3 is 0 Å². The van der Waals surface area contributed by atoms with Gasteiger partial charge in [-0.05, 0) is 49.9 Å². The third-order valence-electron chi connectivity index (χ3n) is 6.54. The summed E-state index contributed by atoms with van der Waals surface area (Å²) in [6, 6.07) is 17.3. The number of benzene rings is 2. The van der Waals surface area contributed by atoms with E-state index in [0.717, 1.165) is 42.6 Å². The second-order valence-electron chi connectivity index (χ2n) is 8.51. The van der Waals surface area contributed by atoms with Gasteiger partial charge in [-0.3, -0.25) is 9.59 Å². The summed E-state index contributed by atoms with van der Waals surface area (Å²) >= 11 is 0. The molecule has 0 unspecified atom stereocenters. The lowest BCUT2D eigenvalue weighted by atomic mass is 10.1. The van der Waals surface area contributed by atoms with E-state index in [1.165, 1.54) is 0 Å². The van der Waals surface area contributed by atoms with Crippen molar-refractivity contribution in [2.75, 3.05) is 33.3 Å². The molecule has 7 heteroatoms. The highest BCUT2D eigenvalue weighted by molar-refractivity contribution is 5.97. The smallest absolute Gasteiger partial charge is 0.274 e. The Labute approximate surface area is 193 Å². The van der Waals surface area contributed by atoms with Crippen LogP contribution in [0.3, 0.4) is 0 Å². The number of carbonyl (C=O) groups excluding carboxylic acids is 2. The number of ether oxygens (including phenoxy) is 1. The monoisotopic (exact) mass is 444 g/mol. The molecule has 2 aliphatic rings. The number of aromatic nitrogens is 2. The third-order valence-corrected chi connectivity index (χ3v) is 6.54. The van der Waals surface area contributed by atoms with Crippen LogP contribution < -0.4 is 4.74 Å². The molecular weight excluding hydrogens is 416 g/mol. The number of amides is 2. The Hall–Kier alpha value is -3.61. The van der Waals surface area contributed by atoms with Crippen LogP contribution in [0, 0.1) is 0 Å². The fourth-order valence-electron chi connectivity index (χ4n) is 4.86. The van der Waals surface area contributed by atoms with Gasteiger partial charge in [0.1, 0.15) is 5.75 Å². The molecule has 1 aliphatic heterocycles. The molecule has 2 amide bonds. The minimum absolute atomic E-state index is 0.0329. The first-order valence-corrected chi connectivity index (χ1v) is 11.5. The molecule has 1 aromatic heterocycles. The molecule has 33 heavy (non-hydrogen) atoms. The van der Waals surface area contributed by atoms with Gasteiger partial charge in [-0.25, -0.2) is 4.68 Å². The third kappa shape index (κ3) is 3.99. The topological polar surface area (TPSA) is 67.7 Å². The van der Waals surface area contributed by atoms with E-state index in [1.54, 1.807) is 19.2 Å². The van der Waals surface area contributed by atoms with Crippen LogP contribution in [-0.2, 0) is 12.8 Å². The van der Waals surface area contributed by atoms with Crippen molar-refractivity contribution in [3.63, 3.8) is 0 Å². The van der Waals surface area contributed by atoms with Crippen molar-refractivity contribution in [2.45, 2.75) is 25.7 Å². The van der Waals surface area contributed by atoms with E-state index >= 15 is 0 Å². The molecule has 2 aromatic carbocycles. The van der Waals surface area contributed by atoms with Crippen molar-refractivity contribution in [1.29, 1.82) is 0 Å². The molecule has 3 aromatic rings. The first-order chi connectivity index (χ1) is 16.2. The molecule has 0 spiro atoms. The maximum absolute atomic E-state index is 13.5. The largest absolute Gasteiger partial charge is 0.496 e. The Bertz CT molecular complexity index is 1170. The molecule has 1 aliphatic carbocycles. The molecule has 7 nitrogen and oxygen atoms in total. The number of nitrogens with zero attached hydrogens (tertiary/aromatic N) is 4. The zero-order chi connectivity index (χ0) is 22.8. The highest BCUT2D eigenvalue weighted by atomic mass is 16.5. The molecule has 0 bridgehead atoms. The van der Waals surface area contributed by atoms with E-state index in [2.05, 4.69) is 0 Å². The van der Waals surface area contributed by atoms with E-state index in [1.807, 2.05) is 56.9 Å². The Kier molecular flexibility index (Phi) is 5.86. The van der Waals surface area contributed by atoms with Crippen molar-refractivity contribution < 1.29 is 14.3 Å². The lowest BCUT2D eigenvalue weighted by molar-refractivity contribution is 0.0713. The van der Waals surface area contributed by atoms with Gasteiger partial charge in [0.2, 0.25) is 0 Å². The second kappa shape index (κ2) is 9.10. The fourth-order valence-corrected chi connectivity index (χ4v) is 4.86. The maximum Gasteiger partial charge on any atom is 0.274 e. The van der Waals surface area contributed by atoms with Gasteiger partial charge in [0, 0.05) is 37.4 Å². The second-order valence-corrected chi connectivity index (χ2v) is 8.51. The van der Waals surface area contributed by atoms with Crippen LogP contribution in [-0.4, -0.2) is 64.7 Å². The molecule has 0 saturated carbocycles. The van der Waals surface area contributed by atoms with Crippen LogP contribution in [0.1, 0.15) is 44.9 Å². The van der Waals surface area contributed by atoms with Crippen molar-refractivity contribution in [3.05, 3.63) is 77.1 Å². The predicted octanol–water partition coefficient (Wildman–Crippen LogP) is 3.36. The Morgan fingerprint density at radius 3 is 2.27 bits per heavy atom. The van der Waals surface area contributed by atoms with E-state index in [9.17, 15) is 9.59 Å². The van der Waals surface area contributed by atoms with Crippen LogP contribution in [0.25, 0.3) is 5.69 Å². The molecule has 2 heterocycles. The molecule has 1 fully saturated rings.